The zero-order valence-corrected chi connectivity index (χ0v) is 16.8. The Bertz CT molecular complexity index is 908. The predicted octanol–water partition coefficient (Wildman–Crippen LogP) is 1.82. The van der Waals surface area contributed by atoms with Crippen molar-refractivity contribution in [3.8, 4) is 11.5 Å². The number of ether oxygens (including phenoxy) is 3. The molecule has 0 saturated carbocycles. The Kier molecular flexibility index (Phi) is 8.43. The molecule has 8 nitrogen and oxygen atoms in total. The molecule has 2 rings (SSSR count). The minimum absolute atomic E-state index is 0.00545. The molecule has 0 fully saturated rings. The van der Waals surface area contributed by atoms with Crippen LogP contribution in [0.2, 0.25) is 0 Å². The Hall–Kier alpha value is -3.81. The van der Waals surface area contributed by atoms with Crippen molar-refractivity contribution in [2.24, 2.45) is 5.73 Å². The van der Waals surface area contributed by atoms with Crippen LogP contribution in [0.5, 0.6) is 11.5 Å². The number of hydrogen-bond donors (Lipinski definition) is 2. The van der Waals surface area contributed by atoms with E-state index in [1.807, 2.05) is 12.1 Å². The number of hydrogen-bond acceptors (Lipinski definition) is 6. The van der Waals surface area contributed by atoms with E-state index < -0.39 is 23.8 Å². The Morgan fingerprint density at radius 3 is 2.50 bits per heavy atom. The molecule has 0 aromatic heterocycles. The molecule has 2 aromatic rings. The Morgan fingerprint density at radius 1 is 1.10 bits per heavy atom. The van der Waals surface area contributed by atoms with E-state index in [4.69, 9.17) is 19.9 Å². The average molecular weight is 412 g/mol. The number of primary amides is 1. The van der Waals surface area contributed by atoms with Gasteiger partial charge in [0.2, 0.25) is 5.91 Å². The highest BCUT2D eigenvalue weighted by molar-refractivity contribution is 5.94. The Labute approximate surface area is 174 Å². The third-order valence-corrected chi connectivity index (χ3v) is 3.92. The molecule has 2 aromatic carbocycles. The highest BCUT2D eigenvalue weighted by Crippen LogP contribution is 2.14. The number of amides is 2. The summed E-state index contributed by atoms with van der Waals surface area (Å²) in [6.45, 7) is 1.29. The lowest BCUT2D eigenvalue weighted by molar-refractivity contribution is -0.148. The van der Waals surface area contributed by atoms with Gasteiger partial charge >= 0.3 is 5.97 Å². The monoisotopic (exact) mass is 412 g/mol. The first-order valence-electron chi connectivity index (χ1n) is 9.16. The van der Waals surface area contributed by atoms with Crippen molar-refractivity contribution >= 4 is 23.9 Å². The molecule has 2 amide bonds. The highest BCUT2D eigenvalue weighted by atomic mass is 16.5. The summed E-state index contributed by atoms with van der Waals surface area (Å²) in [7, 11) is 1.58. The van der Waals surface area contributed by atoms with Crippen molar-refractivity contribution in [3.63, 3.8) is 0 Å². The fourth-order valence-corrected chi connectivity index (χ4v) is 2.37. The fraction of sp³-hybridized carbons (Fsp3) is 0.227. The Morgan fingerprint density at radius 2 is 1.83 bits per heavy atom. The van der Waals surface area contributed by atoms with Crippen LogP contribution in [0, 0.1) is 0 Å². The SMILES string of the molecule is COc1ccc(/C=C/C(=O)N[C@@H](C)C(=O)OCc2cccc(OCC(N)=O)c2)cc1. The lowest BCUT2D eigenvalue weighted by atomic mass is 10.2. The molecule has 0 radical (unpaired) electrons. The fourth-order valence-electron chi connectivity index (χ4n) is 2.37. The molecular formula is C22H24N2O6. The normalized spacial score (nSPS) is 11.5. The molecule has 30 heavy (non-hydrogen) atoms. The number of methoxy groups -OCH3 is 1. The molecule has 0 saturated heterocycles. The van der Waals surface area contributed by atoms with Gasteiger partial charge in [0.15, 0.2) is 6.61 Å². The summed E-state index contributed by atoms with van der Waals surface area (Å²) < 4.78 is 15.5. The largest absolute Gasteiger partial charge is 0.497 e. The van der Waals surface area contributed by atoms with Gasteiger partial charge in [-0.25, -0.2) is 4.79 Å². The maximum atomic E-state index is 12.1. The summed E-state index contributed by atoms with van der Waals surface area (Å²) in [4.78, 5) is 34.9. The topological polar surface area (TPSA) is 117 Å². The minimum atomic E-state index is -0.827. The van der Waals surface area contributed by atoms with E-state index in [1.54, 1.807) is 49.6 Å². The van der Waals surface area contributed by atoms with Crippen LogP contribution in [-0.2, 0) is 25.7 Å². The first-order chi connectivity index (χ1) is 14.4. The number of rotatable bonds is 10. The molecular weight excluding hydrogens is 388 g/mol. The van der Waals surface area contributed by atoms with Crippen molar-refractivity contribution in [1.82, 2.24) is 5.32 Å². The van der Waals surface area contributed by atoms with Crippen molar-refractivity contribution in [3.05, 3.63) is 65.7 Å². The van der Waals surface area contributed by atoms with Gasteiger partial charge in [-0.1, -0.05) is 24.3 Å². The summed E-state index contributed by atoms with van der Waals surface area (Å²) in [5, 5.41) is 2.55. The van der Waals surface area contributed by atoms with Gasteiger partial charge in [0.05, 0.1) is 7.11 Å². The quantitative estimate of drug-likeness (QED) is 0.454. The number of esters is 1. The molecule has 0 heterocycles. The molecule has 0 bridgehead atoms. The van der Waals surface area contributed by atoms with Crippen LogP contribution in [0.4, 0.5) is 0 Å². The second kappa shape index (κ2) is 11.3. The summed E-state index contributed by atoms with van der Waals surface area (Å²) in [6.07, 6.45) is 2.97. The molecule has 0 aliphatic carbocycles. The van der Waals surface area contributed by atoms with Crippen LogP contribution in [0.3, 0.4) is 0 Å². The number of carbonyl (C=O) groups excluding carboxylic acids is 3. The highest BCUT2D eigenvalue weighted by Gasteiger charge is 2.16. The first kappa shape index (κ1) is 22.5. The molecule has 8 heteroatoms. The molecule has 0 aliphatic heterocycles. The molecule has 1 atom stereocenters. The van der Waals surface area contributed by atoms with Gasteiger partial charge in [0.25, 0.3) is 5.91 Å². The maximum Gasteiger partial charge on any atom is 0.328 e. The second-order valence-corrected chi connectivity index (χ2v) is 6.35. The smallest absolute Gasteiger partial charge is 0.328 e. The zero-order chi connectivity index (χ0) is 21.9. The summed E-state index contributed by atoms with van der Waals surface area (Å²) >= 11 is 0. The van der Waals surface area contributed by atoms with E-state index in [0.29, 0.717) is 11.3 Å². The predicted molar refractivity (Wildman–Crippen MR) is 111 cm³/mol. The van der Waals surface area contributed by atoms with Crippen molar-refractivity contribution in [2.75, 3.05) is 13.7 Å². The molecule has 0 spiro atoms. The van der Waals surface area contributed by atoms with Gasteiger partial charge in [0.1, 0.15) is 24.1 Å². The zero-order valence-electron chi connectivity index (χ0n) is 16.8. The minimum Gasteiger partial charge on any atom is -0.497 e. The molecule has 0 unspecified atom stereocenters. The van der Waals surface area contributed by atoms with Crippen LogP contribution < -0.4 is 20.5 Å². The van der Waals surface area contributed by atoms with E-state index >= 15 is 0 Å². The number of nitrogens with one attached hydrogen (secondary N) is 1. The lowest BCUT2D eigenvalue weighted by Gasteiger charge is -2.13. The van der Waals surface area contributed by atoms with Gasteiger partial charge in [-0.3, -0.25) is 9.59 Å². The third kappa shape index (κ3) is 7.67. The van der Waals surface area contributed by atoms with Crippen molar-refractivity contribution < 1.29 is 28.6 Å². The van der Waals surface area contributed by atoms with E-state index in [9.17, 15) is 14.4 Å². The van der Waals surface area contributed by atoms with Gasteiger partial charge in [-0.2, -0.15) is 0 Å². The third-order valence-electron chi connectivity index (χ3n) is 3.92. The van der Waals surface area contributed by atoms with Crippen LogP contribution in [0.1, 0.15) is 18.1 Å². The number of carbonyl (C=O) groups is 3. The maximum absolute atomic E-state index is 12.1. The first-order valence-corrected chi connectivity index (χ1v) is 9.16. The average Bonchev–Trinajstić information content (AvgIpc) is 2.75. The van der Waals surface area contributed by atoms with Crippen LogP contribution in [0.25, 0.3) is 6.08 Å². The van der Waals surface area contributed by atoms with Gasteiger partial charge in [-0.05, 0) is 48.4 Å². The molecule has 158 valence electrons. The van der Waals surface area contributed by atoms with E-state index in [-0.39, 0.29) is 13.2 Å². The van der Waals surface area contributed by atoms with E-state index in [2.05, 4.69) is 5.32 Å². The van der Waals surface area contributed by atoms with Crippen LogP contribution in [-0.4, -0.2) is 37.5 Å². The lowest BCUT2D eigenvalue weighted by Crippen LogP contribution is -2.38. The summed E-state index contributed by atoms with van der Waals surface area (Å²) in [5.74, 6) is -0.426. The second-order valence-electron chi connectivity index (χ2n) is 6.35. The molecule has 0 aliphatic rings. The number of nitrogens with two attached hydrogens (primary N) is 1. The van der Waals surface area contributed by atoms with Gasteiger partial charge < -0.3 is 25.3 Å². The van der Waals surface area contributed by atoms with E-state index in [1.165, 1.54) is 13.0 Å². The van der Waals surface area contributed by atoms with Crippen molar-refractivity contribution in [1.29, 1.82) is 0 Å². The summed E-state index contributed by atoms with van der Waals surface area (Å²) in [5.41, 5.74) is 6.53. The van der Waals surface area contributed by atoms with Crippen LogP contribution in [0.15, 0.2) is 54.6 Å². The Balaban J connectivity index is 1.81. The molecule has 3 N–H and O–H groups in total. The van der Waals surface area contributed by atoms with Gasteiger partial charge in [-0.15, -0.1) is 0 Å². The van der Waals surface area contributed by atoms with E-state index in [0.717, 1.165) is 11.3 Å². The van der Waals surface area contributed by atoms with Gasteiger partial charge in [0, 0.05) is 6.08 Å². The number of benzene rings is 2. The van der Waals surface area contributed by atoms with Crippen molar-refractivity contribution in [2.45, 2.75) is 19.6 Å². The van der Waals surface area contributed by atoms with Crippen LogP contribution >= 0.6 is 0 Å². The summed E-state index contributed by atoms with van der Waals surface area (Å²) in [6, 6.07) is 13.1. The standard InChI is InChI=1S/C22H24N2O6/c1-15(24-21(26)11-8-16-6-9-18(28-2)10-7-16)22(27)30-13-17-4-3-5-19(12-17)29-14-20(23)25/h3-12,15H,13-14H2,1-2H3,(H2,23,25)(H,24,26)/b11-8+/t15-/m0/s1.